The van der Waals surface area contributed by atoms with Gasteiger partial charge >= 0.3 is 0 Å². The molecule has 0 amide bonds. The summed E-state index contributed by atoms with van der Waals surface area (Å²) in [5, 5.41) is 0. The summed E-state index contributed by atoms with van der Waals surface area (Å²) in [5.74, 6) is 2.68. The largest absolute Gasteiger partial charge is 0.0617 e. The Labute approximate surface area is 80.0 Å². The van der Waals surface area contributed by atoms with E-state index in [4.69, 9.17) is 0 Å². The lowest BCUT2D eigenvalue weighted by atomic mass is 9.92. The van der Waals surface area contributed by atoms with Gasteiger partial charge in [-0.15, -0.1) is 0 Å². The standard InChI is InChI=1S/C13H16/c1-8(2)10-4-3-5-11-12-6-9(12)7-13(10)11/h3-5,8-9,12H,6-7H2,1-2H3/t9-,12-/m0/s1. The van der Waals surface area contributed by atoms with Crippen LogP contribution in [0.3, 0.4) is 0 Å². The molecule has 0 unspecified atom stereocenters. The van der Waals surface area contributed by atoms with Gasteiger partial charge in [0.1, 0.15) is 0 Å². The van der Waals surface area contributed by atoms with Crippen LogP contribution in [0.4, 0.5) is 0 Å². The second kappa shape index (κ2) is 2.37. The van der Waals surface area contributed by atoms with Crippen LogP contribution in [-0.4, -0.2) is 0 Å². The molecule has 0 N–H and O–H groups in total. The fourth-order valence-corrected chi connectivity index (χ4v) is 2.86. The zero-order chi connectivity index (χ0) is 9.00. The van der Waals surface area contributed by atoms with E-state index in [0.29, 0.717) is 5.92 Å². The average Bonchev–Trinajstić information content (AvgIpc) is 2.78. The average molecular weight is 172 g/mol. The molecule has 13 heavy (non-hydrogen) atoms. The minimum absolute atomic E-state index is 0.701. The highest BCUT2D eigenvalue weighted by Crippen LogP contribution is 2.57. The van der Waals surface area contributed by atoms with Crippen molar-refractivity contribution in [2.24, 2.45) is 5.92 Å². The summed E-state index contributed by atoms with van der Waals surface area (Å²) in [4.78, 5) is 0. The molecule has 1 saturated carbocycles. The second-order valence-corrected chi connectivity index (χ2v) is 4.88. The summed E-state index contributed by atoms with van der Waals surface area (Å²) in [6.07, 6.45) is 2.84. The third-order valence-electron chi connectivity index (χ3n) is 3.66. The lowest BCUT2D eigenvalue weighted by Crippen LogP contribution is -1.97. The van der Waals surface area contributed by atoms with Crippen LogP contribution in [0.25, 0.3) is 0 Å². The Bertz CT molecular complexity index is 349. The highest BCUT2D eigenvalue weighted by Gasteiger charge is 2.45. The van der Waals surface area contributed by atoms with Crippen molar-refractivity contribution in [3.8, 4) is 0 Å². The Morgan fingerprint density at radius 2 is 2.15 bits per heavy atom. The van der Waals surface area contributed by atoms with Crippen LogP contribution in [0, 0.1) is 5.92 Å². The predicted octanol–water partition coefficient (Wildman–Crippen LogP) is 3.47. The molecule has 0 nitrogen and oxygen atoms in total. The van der Waals surface area contributed by atoms with Gasteiger partial charge in [0.2, 0.25) is 0 Å². The van der Waals surface area contributed by atoms with Gasteiger partial charge in [0.25, 0.3) is 0 Å². The van der Waals surface area contributed by atoms with Gasteiger partial charge in [0.05, 0.1) is 0 Å². The summed E-state index contributed by atoms with van der Waals surface area (Å²) in [6.45, 7) is 4.61. The van der Waals surface area contributed by atoms with Crippen molar-refractivity contribution in [1.82, 2.24) is 0 Å². The van der Waals surface area contributed by atoms with E-state index in [1.54, 1.807) is 16.7 Å². The van der Waals surface area contributed by atoms with Crippen LogP contribution in [0.15, 0.2) is 18.2 Å². The van der Waals surface area contributed by atoms with Crippen molar-refractivity contribution in [3.05, 3.63) is 34.9 Å². The second-order valence-electron chi connectivity index (χ2n) is 4.88. The molecule has 0 bridgehead atoms. The fourth-order valence-electron chi connectivity index (χ4n) is 2.86. The molecule has 68 valence electrons. The van der Waals surface area contributed by atoms with Crippen molar-refractivity contribution >= 4 is 0 Å². The highest BCUT2D eigenvalue weighted by molar-refractivity contribution is 5.47. The molecule has 0 heterocycles. The lowest BCUT2D eigenvalue weighted by Gasteiger charge is -2.13. The summed E-state index contributed by atoms with van der Waals surface area (Å²) >= 11 is 0. The number of fused-ring (bicyclic) bond motifs is 3. The summed E-state index contributed by atoms with van der Waals surface area (Å²) < 4.78 is 0. The van der Waals surface area contributed by atoms with E-state index in [9.17, 15) is 0 Å². The fraction of sp³-hybridized carbons (Fsp3) is 0.538. The topological polar surface area (TPSA) is 0 Å². The van der Waals surface area contributed by atoms with Gasteiger partial charge < -0.3 is 0 Å². The number of hydrogen-bond acceptors (Lipinski definition) is 0. The van der Waals surface area contributed by atoms with Gasteiger partial charge in [0.15, 0.2) is 0 Å². The summed E-state index contributed by atoms with van der Waals surface area (Å²) in [5.41, 5.74) is 4.97. The first-order valence-corrected chi connectivity index (χ1v) is 5.39. The van der Waals surface area contributed by atoms with E-state index in [1.807, 2.05) is 0 Å². The van der Waals surface area contributed by atoms with E-state index < -0.39 is 0 Å². The molecule has 2 atom stereocenters. The van der Waals surface area contributed by atoms with Crippen molar-refractivity contribution in [1.29, 1.82) is 0 Å². The van der Waals surface area contributed by atoms with Crippen molar-refractivity contribution in [2.75, 3.05) is 0 Å². The Morgan fingerprint density at radius 1 is 1.31 bits per heavy atom. The third-order valence-corrected chi connectivity index (χ3v) is 3.66. The van der Waals surface area contributed by atoms with E-state index in [1.165, 1.54) is 12.8 Å². The maximum Gasteiger partial charge on any atom is -0.0124 e. The molecule has 0 aromatic heterocycles. The van der Waals surface area contributed by atoms with Crippen molar-refractivity contribution < 1.29 is 0 Å². The van der Waals surface area contributed by atoms with Gasteiger partial charge in [-0.2, -0.15) is 0 Å². The first-order valence-electron chi connectivity index (χ1n) is 5.39. The Kier molecular flexibility index (Phi) is 1.39. The van der Waals surface area contributed by atoms with Crippen LogP contribution in [0.1, 0.15) is 48.8 Å². The van der Waals surface area contributed by atoms with E-state index in [-0.39, 0.29) is 0 Å². The van der Waals surface area contributed by atoms with Gasteiger partial charge in [0, 0.05) is 0 Å². The lowest BCUT2D eigenvalue weighted by molar-refractivity contribution is 0.807. The molecule has 2 aliphatic rings. The molecule has 1 aromatic carbocycles. The van der Waals surface area contributed by atoms with Crippen LogP contribution in [-0.2, 0) is 6.42 Å². The first kappa shape index (κ1) is 7.61. The zero-order valence-electron chi connectivity index (χ0n) is 8.38. The molecule has 3 rings (SSSR count). The maximum atomic E-state index is 2.35. The summed E-state index contributed by atoms with van der Waals surface area (Å²) in [6, 6.07) is 6.90. The van der Waals surface area contributed by atoms with E-state index in [0.717, 1.165) is 11.8 Å². The molecule has 0 saturated heterocycles. The van der Waals surface area contributed by atoms with Crippen LogP contribution in [0.2, 0.25) is 0 Å². The highest BCUT2D eigenvalue weighted by atomic mass is 14.5. The minimum Gasteiger partial charge on any atom is -0.0617 e. The first-order chi connectivity index (χ1) is 6.27. The number of rotatable bonds is 1. The van der Waals surface area contributed by atoms with Gasteiger partial charge in [-0.05, 0) is 47.3 Å². The van der Waals surface area contributed by atoms with Crippen molar-refractivity contribution in [3.63, 3.8) is 0 Å². The van der Waals surface area contributed by atoms with Gasteiger partial charge in [-0.1, -0.05) is 32.0 Å². The SMILES string of the molecule is CC(C)c1cccc2c1C[C@@H]1C[C@H]21. The monoisotopic (exact) mass is 172 g/mol. The van der Waals surface area contributed by atoms with Gasteiger partial charge in [-0.3, -0.25) is 0 Å². The maximum absolute atomic E-state index is 2.35. The Morgan fingerprint density at radius 3 is 2.92 bits per heavy atom. The molecule has 2 aliphatic carbocycles. The molecular weight excluding hydrogens is 156 g/mol. The van der Waals surface area contributed by atoms with E-state index in [2.05, 4.69) is 32.0 Å². The van der Waals surface area contributed by atoms with Gasteiger partial charge in [-0.25, -0.2) is 0 Å². The minimum atomic E-state index is 0.701. The molecule has 1 fully saturated rings. The van der Waals surface area contributed by atoms with Crippen LogP contribution >= 0.6 is 0 Å². The molecular formula is C13H16. The zero-order valence-corrected chi connectivity index (χ0v) is 8.38. The quantitative estimate of drug-likeness (QED) is 0.608. The van der Waals surface area contributed by atoms with Crippen LogP contribution in [0.5, 0.6) is 0 Å². The Balaban J connectivity index is 2.13. The van der Waals surface area contributed by atoms with E-state index >= 15 is 0 Å². The Hall–Kier alpha value is -0.780. The third kappa shape index (κ3) is 0.979. The molecule has 0 aliphatic heterocycles. The van der Waals surface area contributed by atoms with Crippen molar-refractivity contribution in [2.45, 2.75) is 38.5 Å². The normalized spacial score (nSPS) is 28.8. The molecule has 0 radical (unpaired) electrons. The van der Waals surface area contributed by atoms with Crippen LogP contribution < -0.4 is 0 Å². The molecule has 0 heteroatoms. The molecule has 1 aromatic rings. The number of benzene rings is 1. The predicted molar refractivity (Wildman–Crippen MR) is 55.1 cm³/mol. The summed E-state index contributed by atoms with van der Waals surface area (Å²) in [7, 11) is 0. The molecule has 0 spiro atoms. The number of hydrogen-bond donors (Lipinski definition) is 0. The smallest absolute Gasteiger partial charge is 0.0124 e.